The maximum atomic E-state index is 13.0. The fourth-order valence-corrected chi connectivity index (χ4v) is 4.67. The van der Waals surface area contributed by atoms with Crippen LogP contribution in [-0.2, 0) is 16.4 Å². The maximum Gasteiger partial charge on any atom is 0.262 e. The number of methoxy groups -OCH3 is 1. The van der Waals surface area contributed by atoms with E-state index in [4.69, 9.17) is 9.47 Å². The highest BCUT2D eigenvalue weighted by Crippen LogP contribution is 2.33. The smallest absolute Gasteiger partial charge is 0.262 e. The van der Waals surface area contributed by atoms with E-state index in [0.717, 1.165) is 28.2 Å². The first-order valence-electron chi connectivity index (χ1n) is 9.44. The third-order valence-corrected chi connectivity index (χ3v) is 6.44. The summed E-state index contributed by atoms with van der Waals surface area (Å²) in [5, 5.41) is 0. The van der Waals surface area contributed by atoms with Gasteiger partial charge in [-0.1, -0.05) is 6.07 Å². The number of anilines is 1. The minimum atomic E-state index is -3.80. The number of imidazole rings is 1. The molecular formula is C22H19N3O4S. The zero-order valence-electron chi connectivity index (χ0n) is 16.2. The third-order valence-electron chi connectivity index (χ3n) is 5.07. The first kappa shape index (κ1) is 18.5. The van der Waals surface area contributed by atoms with Crippen molar-refractivity contribution < 1.29 is 17.9 Å². The highest BCUT2D eigenvalue weighted by Gasteiger charge is 2.21. The minimum Gasteiger partial charge on any atom is -0.495 e. The second kappa shape index (κ2) is 7.07. The molecule has 3 heterocycles. The Balaban J connectivity index is 1.52. The molecule has 2 aromatic heterocycles. The summed E-state index contributed by atoms with van der Waals surface area (Å²) in [5.74, 6) is 1.16. The van der Waals surface area contributed by atoms with Crippen LogP contribution < -0.4 is 14.2 Å². The van der Waals surface area contributed by atoms with Gasteiger partial charge >= 0.3 is 0 Å². The number of ether oxygens (including phenoxy) is 2. The number of sulfonamides is 1. The van der Waals surface area contributed by atoms with Gasteiger partial charge < -0.3 is 13.9 Å². The summed E-state index contributed by atoms with van der Waals surface area (Å²) in [5.41, 5.74) is 3.57. The number of hydrogen-bond acceptors (Lipinski definition) is 5. The molecule has 0 fully saturated rings. The Kier molecular flexibility index (Phi) is 4.36. The minimum absolute atomic E-state index is 0.187. The molecule has 0 aliphatic carbocycles. The number of hydrogen-bond donors (Lipinski definition) is 1. The Morgan fingerprint density at radius 1 is 1.13 bits per heavy atom. The molecule has 1 aliphatic rings. The lowest BCUT2D eigenvalue weighted by Gasteiger charge is -2.13. The fraction of sp³-hybridized carbons (Fsp3) is 0.136. The monoisotopic (exact) mass is 421 g/mol. The van der Waals surface area contributed by atoms with Crippen molar-refractivity contribution >= 4 is 21.4 Å². The lowest BCUT2D eigenvalue weighted by atomic mass is 10.1. The fourth-order valence-electron chi connectivity index (χ4n) is 3.55. The molecule has 1 aliphatic heterocycles. The van der Waals surface area contributed by atoms with Crippen LogP contribution in [0.1, 0.15) is 5.56 Å². The van der Waals surface area contributed by atoms with Gasteiger partial charge in [0.2, 0.25) is 0 Å². The molecule has 0 radical (unpaired) electrons. The molecule has 0 atom stereocenters. The summed E-state index contributed by atoms with van der Waals surface area (Å²) < 4.78 is 41.5. The number of aromatic nitrogens is 2. The Morgan fingerprint density at radius 2 is 2.03 bits per heavy atom. The van der Waals surface area contributed by atoms with Crippen LogP contribution in [0.25, 0.3) is 16.9 Å². The van der Waals surface area contributed by atoms with Crippen molar-refractivity contribution in [3.05, 3.63) is 72.6 Å². The van der Waals surface area contributed by atoms with Crippen molar-refractivity contribution in [2.45, 2.75) is 11.3 Å². The van der Waals surface area contributed by atoms with Gasteiger partial charge in [-0.2, -0.15) is 0 Å². The summed E-state index contributed by atoms with van der Waals surface area (Å²) in [6.07, 6.45) is 4.51. The summed E-state index contributed by atoms with van der Waals surface area (Å²) in [6, 6.07) is 16.0. The lowest BCUT2D eigenvalue weighted by molar-refractivity contribution is 0.356. The Labute approximate surface area is 174 Å². The highest BCUT2D eigenvalue weighted by molar-refractivity contribution is 7.92. The van der Waals surface area contributed by atoms with Gasteiger partial charge in [0.1, 0.15) is 17.1 Å². The van der Waals surface area contributed by atoms with Crippen molar-refractivity contribution in [1.82, 2.24) is 9.38 Å². The highest BCUT2D eigenvalue weighted by atomic mass is 32.2. The molecule has 0 spiro atoms. The van der Waals surface area contributed by atoms with Crippen molar-refractivity contribution in [1.29, 1.82) is 0 Å². The molecule has 5 rings (SSSR count). The zero-order valence-corrected chi connectivity index (χ0v) is 17.0. The van der Waals surface area contributed by atoms with Crippen LogP contribution in [0.2, 0.25) is 0 Å². The van der Waals surface area contributed by atoms with Crippen molar-refractivity contribution in [2.75, 3.05) is 18.4 Å². The van der Waals surface area contributed by atoms with Crippen molar-refractivity contribution in [2.24, 2.45) is 0 Å². The van der Waals surface area contributed by atoms with Crippen LogP contribution >= 0.6 is 0 Å². The molecule has 30 heavy (non-hydrogen) atoms. The molecule has 0 saturated heterocycles. The standard InChI is InChI=1S/C22H19N3O4S/c1-28-21-7-5-15(19-14-25-10-3-2-4-22(25)23-19)13-18(21)24-30(26,27)17-6-8-20-16(12-17)9-11-29-20/h2-8,10,12-14,24H,9,11H2,1H3. The van der Waals surface area contributed by atoms with Gasteiger partial charge in [-0.3, -0.25) is 4.72 Å². The van der Waals surface area contributed by atoms with Crippen LogP contribution in [0.4, 0.5) is 5.69 Å². The molecular weight excluding hydrogens is 402 g/mol. The largest absolute Gasteiger partial charge is 0.495 e. The third kappa shape index (κ3) is 3.25. The molecule has 0 unspecified atom stereocenters. The van der Waals surface area contributed by atoms with Gasteiger partial charge in [0.25, 0.3) is 10.0 Å². The van der Waals surface area contributed by atoms with E-state index in [1.54, 1.807) is 30.3 Å². The van der Waals surface area contributed by atoms with Crippen LogP contribution in [-0.4, -0.2) is 31.5 Å². The quantitative estimate of drug-likeness (QED) is 0.531. The molecule has 8 heteroatoms. The molecule has 0 bridgehead atoms. The molecule has 2 aromatic carbocycles. The van der Waals surface area contributed by atoms with Crippen LogP contribution in [0.5, 0.6) is 11.5 Å². The van der Waals surface area contributed by atoms with E-state index in [1.165, 1.54) is 7.11 Å². The normalized spacial score (nSPS) is 13.1. The Morgan fingerprint density at radius 3 is 2.87 bits per heavy atom. The van der Waals surface area contributed by atoms with E-state index < -0.39 is 10.0 Å². The van der Waals surface area contributed by atoms with Gasteiger partial charge in [-0.15, -0.1) is 0 Å². The van der Waals surface area contributed by atoms with E-state index in [9.17, 15) is 8.42 Å². The van der Waals surface area contributed by atoms with Gasteiger partial charge in [-0.05, 0) is 54.1 Å². The van der Waals surface area contributed by atoms with Crippen LogP contribution in [0.3, 0.4) is 0 Å². The average Bonchev–Trinajstić information content (AvgIpc) is 3.39. The molecule has 1 N–H and O–H groups in total. The summed E-state index contributed by atoms with van der Waals surface area (Å²) in [4.78, 5) is 4.79. The first-order chi connectivity index (χ1) is 14.5. The lowest BCUT2D eigenvalue weighted by Crippen LogP contribution is -2.14. The molecule has 152 valence electrons. The van der Waals surface area contributed by atoms with E-state index >= 15 is 0 Å². The topological polar surface area (TPSA) is 81.9 Å². The van der Waals surface area contributed by atoms with Crippen molar-refractivity contribution in [3.8, 4) is 22.8 Å². The summed E-state index contributed by atoms with van der Waals surface area (Å²) >= 11 is 0. The number of benzene rings is 2. The average molecular weight is 421 g/mol. The summed E-state index contributed by atoms with van der Waals surface area (Å²) in [7, 11) is -2.30. The SMILES string of the molecule is COc1ccc(-c2cn3ccccc3n2)cc1NS(=O)(=O)c1ccc2c(c1)CCO2. The van der Waals surface area contributed by atoms with E-state index in [1.807, 2.05) is 41.1 Å². The summed E-state index contributed by atoms with van der Waals surface area (Å²) in [6.45, 7) is 0.571. The van der Waals surface area contributed by atoms with E-state index in [-0.39, 0.29) is 4.90 Å². The Hall–Kier alpha value is -3.52. The predicted molar refractivity (Wildman–Crippen MR) is 114 cm³/mol. The molecule has 0 amide bonds. The second-order valence-corrected chi connectivity index (χ2v) is 8.66. The Bertz CT molecular complexity index is 1330. The molecule has 4 aromatic rings. The maximum absolute atomic E-state index is 13.0. The number of pyridine rings is 1. The number of nitrogens with one attached hydrogen (secondary N) is 1. The predicted octanol–water partition coefficient (Wildman–Crippen LogP) is 3.75. The molecule has 0 saturated carbocycles. The van der Waals surface area contributed by atoms with Gasteiger partial charge in [0.05, 0.1) is 30.0 Å². The van der Waals surface area contributed by atoms with E-state index in [0.29, 0.717) is 24.5 Å². The number of rotatable bonds is 5. The van der Waals surface area contributed by atoms with Gasteiger partial charge in [0, 0.05) is 24.4 Å². The van der Waals surface area contributed by atoms with Crippen molar-refractivity contribution in [3.63, 3.8) is 0 Å². The van der Waals surface area contributed by atoms with E-state index in [2.05, 4.69) is 9.71 Å². The first-order valence-corrected chi connectivity index (χ1v) is 10.9. The van der Waals surface area contributed by atoms with Gasteiger partial charge in [-0.25, -0.2) is 13.4 Å². The number of fused-ring (bicyclic) bond motifs is 2. The molecule has 7 nitrogen and oxygen atoms in total. The second-order valence-electron chi connectivity index (χ2n) is 6.98. The zero-order chi connectivity index (χ0) is 20.7. The van der Waals surface area contributed by atoms with Crippen LogP contribution in [0.15, 0.2) is 71.9 Å². The van der Waals surface area contributed by atoms with Crippen LogP contribution in [0, 0.1) is 0 Å². The van der Waals surface area contributed by atoms with Gasteiger partial charge in [0.15, 0.2) is 0 Å². The number of nitrogens with zero attached hydrogens (tertiary/aromatic N) is 2.